The minimum Gasteiger partial charge on any atom is -0.756 e. The lowest BCUT2D eigenvalue weighted by Crippen LogP contribution is -2.46. The van der Waals surface area contributed by atoms with Gasteiger partial charge in [-0.2, -0.15) is 0 Å². The molecule has 0 aromatic rings. The Morgan fingerprint density at radius 1 is 0.493 bits per heavy atom. The highest BCUT2D eigenvalue weighted by Gasteiger charge is 2.24. The van der Waals surface area contributed by atoms with Crippen molar-refractivity contribution < 1.29 is 32.9 Å². The molecule has 0 aliphatic heterocycles. The van der Waals surface area contributed by atoms with Crippen molar-refractivity contribution >= 4 is 13.7 Å². The summed E-state index contributed by atoms with van der Waals surface area (Å²) in [6.45, 7) is 4.64. The average molecular weight is 1050 g/mol. The lowest BCUT2D eigenvalue weighted by atomic mass is 10.0. The molecule has 0 aromatic heterocycles. The number of aliphatic hydroxyl groups is 1. The van der Waals surface area contributed by atoms with E-state index in [1.54, 1.807) is 0 Å². The van der Waals surface area contributed by atoms with E-state index in [0.717, 1.165) is 70.6 Å². The second-order valence-electron chi connectivity index (χ2n) is 22.4. The highest BCUT2D eigenvalue weighted by molar-refractivity contribution is 7.45. The summed E-state index contributed by atoms with van der Waals surface area (Å²) in [5.41, 5.74) is 0. The smallest absolute Gasteiger partial charge is 0.268 e. The van der Waals surface area contributed by atoms with Crippen molar-refractivity contribution in [2.75, 3.05) is 40.9 Å². The summed E-state index contributed by atoms with van der Waals surface area (Å²) in [4.78, 5) is 25.6. The number of phosphoric ester groups is 1. The van der Waals surface area contributed by atoms with Crippen molar-refractivity contribution in [3.05, 3.63) is 60.8 Å². The number of unbranched alkanes of at least 4 members (excludes halogenated alkanes) is 34. The summed E-state index contributed by atoms with van der Waals surface area (Å²) in [5, 5.41) is 14.0. The number of amides is 1. The van der Waals surface area contributed by atoms with Gasteiger partial charge in [0.2, 0.25) is 5.91 Å². The number of carbonyl (C=O) groups is 1. The Balaban J connectivity index is 4.04. The van der Waals surface area contributed by atoms with Gasteiger partial charge in [-0.05, 0) is 57.8 Å². The largest absolute Gasteiger partial charge is 0.756 e. The summed E-state index contributed by atoms with van der Waals surface area (Å²) < 4.78 is 23.5. The minimum atomic E-state index is -4.58. The van der Waals surface area contributed by atoms with Crippen molar-refractivity contribution in [1.29, 1.82) is 0 Å². The first kappa shape index (κ1) is 71.2. The second-order valence-corrected chi connectivity index (χ2v) is 23.8. The number of phosphoric acid groups is 1. The molecule has 428 valence electrons. The molecular weight excluding hydrogens is 924 g/mol. The molecule has 0 heterocycles. The van der Waals surface area contributed by atoms with Crippen molar-refractivity contribution in [1.82, 2.24) is 5.32 Å². The van der Waals surface area contributed by atoms with Gasteiger partial charge in [0.25, 0.3) is 7.82 Å². The first-order valence-electron chi connectivity index (χ1n) is 31.1. The highest BCUT2D eigenvalue weighted by Crippen LogP contribution is 2.38. The monoisotopic (exact) mass is 1040 g/mol. The first-order chi connectivity index (χ1) is 35.5. The molecule has 0 saturated carbocycles. The fourth-order valence-corrected chi connectivity index (χ4v) is 9.91. The molecule has 1 amide bonds. The molecule has 3 unspecified atom stereocenters. The SMILES string of the molecule is CC/C=C\C/C=C\C/C=C\C/C=C\C/C=C\CCCCCCCCCCCCCCCCCCCC(=O)NC(COP(=O)([O-])OCC[N+](C)(C)C)C(O)CCCCCCCCCCCCCCCCCCCC. The van der Waals surface area contributed by atoms with Gasteiger partial charge in [-0.1, -0.05) is 286 Å². The zero-order valence-electron chi connectivity index (χ0n) is 48.8. The molecule has 0 aliphatic rings. The number of hydrogen-bond donors (Lipinski definition) is 2. The average Bonchev–Trinajstić information content (AvgIpc) is 3.35. The lowest BCUT2D eigenvalue weighted by molar-refractivity contribution is -0.870. The van der Waals surface area contributed by atoms with Gasteiger partial charge >= 0.3 is 0 Å². The van der Waals surface area contributed by atoms with Crippen molar-refractivity contribution in [3.8, 4) is 0 Å². The topological polar surface area (TPSA) is 108 Å². The Morgan fingerprint density at radius 3 is 1.22 bits per heavy atom. The van der Waals surface area contributed by atoms with Gasteiger partial charge in [0.05, 0.1) is 39.9 Å². The van der Waals surface area contributed by atoms with E-state index in [1.807, 2.05) is 21.1 Å². The van der Waals surface area contributed by atoms with Crippen molar-refractivity contribution in [3.63, 3.8) is 0 Å². The Labute approximate surface area is 453 Å². The van der Waals surface area contributed by atoms with E-state index in [4.69, 9.17) is 9.05 Å². The Hall–Kier alpha value is -1.80. The Bertz CT molecular complexity index is 1370. The molecule has 0 aliphatic carbocycles. The van der Waals surface area contributed by atoms with Gasteiger partial charge in [0.15, 0.2) is 0 Å². The molecule has 2 N–H and O–H groups in total. The number of likely N-dealkylation sites (N-methyl/N-ethyl adjacent to an activating group) is 1. The lowest BCUT2D eigenvalue weighted by Gasteiger charge is -2.30. The zero-order chi connectivity index (χ0) is 53.5. The van der Waals surface area contributed by atoms with Crippen LogP contribution >= 0.6 is 7.82 Å². The standard InChI is InChI=1S/C64H121N2O6P/c1-6-8-10-12-14-16-18-20-22-24-26-27-28-29-30-31-32-33-34-35-36-37-38-39-40-42-44-46-48-50-52-54-56-58-64(68)65-62(61-72-73(69,70)71-60-59-66(3,4)5)63(67)57-55-53-51-49-47-45-43-41-25-23-21-19-17-15-13-11-9-7-2/h8,10,14,16,20,22,26-27,29-30,62-63,67H,6-7,9,11-13,15,17-19,21,23-25,28,31-61H2,1-5H3,(H-,65,68,69,70)/b10-8-,16-14-,22-20-,27-26-,30-29-. The molecule has 3 atom stereocenters. The second kappa shape index (κ2) is 55.0. The van der Waals surface area contributed by atoms with E-state index in [9.17, 15) is 19.4 Å². The molecule has 0 radical (unpaired) electrons. The van der Waals surface area contributed by atoms with Crippen LogP contribution in [0.25, 0.3) is 0 Å². The molecule has 0 saturated heterocycles. The van der Waals surface area contributed by atoms with Gasteiger partial charge < -0.3 is 28.8 Å². The van der Waals surface area contributed by atoms with Gasteiger partial charge in [0.1, 0.15) is 13.2 Å². The fourth-order valence-electron chi connectivity index (χ4n) is 9.19. The van der Waals surface area contributed by atoms with E-state index in [2.05, 4.69) is 79.9 Å². The normalized spacial score (nSPS) is 14.2. The summed E-state index contributed by atoms with van der Waals surface area (Å²) in [7, 11) is 1.31. The van der Waals surface area contributed by atoms with Crippen LogP contribution in [0.15, 0.2) is 60.8 Å². The predicted octanol–water partition coefficient (Wildman–Crippen LogP) is 18.6. The summed E-state index contributed by atoms with van der Waals surface area (Å²) >= 11 is 0. The van der Waals surface area contributed by atoms with E-state index < -0.39 is 20.0 Å². The predicted molar refractivity (Wildman–Crippen MR) is 316 cm³/mol. The van der Waals surface area contributed by atoms with E-state index in [-0.39, 0.29) is 19.1 Å². The molecule has 0 fully saturated rings. The van der Waals surface area contributed by atoms with Crippen LogP contribution in [-0.4, -0.2) is 68.5 Å². The molecule has 0 rings (SSSR count). The van der Waals surface area contributed by atoms with Crippen LogP contribution in [0.5, 0.6) is 0 Å². The van der Waals surface area contributed by atoms with Crippen molar-refractivity contribution in [2.45, 2.75) is 302 Å². The molecule has 73 heavy (non-hydrogen) atoms. The number of allylic oxidation sites excluding steroid dienone is 10. The van der Waals surface area contributed by atoms with Crippen LogP contribution in [0, 0.1) is 0 Å². The Morgan fingerprint density at radius 2 is 0.836 bits per heavy atom. The number of nitrogens with zero attached hydrogens (tertiary/aromatic N) is 1. The Kier molecular flexibility index (Phi) is 53.6. The minimum absolute atomic E-state index is 0.0124. The first-order valence-corrected chi connectivity index (χ1v) is 32.6. The molecule has 8 nitrogen and oxygen atoms in total. The summed E-state index contributed by atoms with van der Waals surface area (Å²) in [6, 6.07) is -0.802. The number of quaternary nitrogens is 1. The maximum atomic E-state index is 13.0. The van der Waals surface area contributed by atoms with Crippen LogP contribution in [0.3, 0.4) is 0 Å². The highest BCUT2D eigenvalue weighted by atomic mass is 31.2. The van der Waals surface area contributed by atoms with Crippen LogP contribution in [-0.2, 0) is 18.4 Å². The molecule has 9 heteroatoms. The van der Waals surface area contributed by atoms with Crippen molar-refractivity contribution in [2.24, 2.45) is 0 Å². The third kappa shape index (κ3) is 57.7. The molecular formula is C64H121N2O6P. The quantitative estimate of drug-likeness (QED) is 0.0272. The third-order valence-electron chi connectivity index (χ3n) is 14.0. The molecule has 0 spiro atoms. The van der Waals surface area contributed by atoms with Crippen LogP contribution < -0.4 is 10.2 Å². The number of hydrogen-bond acceptors (Lipinski definition) is 6. The van der Waals surface area contributed by atoms with Crippen LogP contribution in [0.4, 0.5) is 0 Å². The summed E-state index contributed by atoms with van der Waals surface area (Å²) in [6.07, 6.45) is 74.1. The van der Waals surface area contributed by atoms with E-state index >= 15 is 0 Å². The van der Waals surface area contributed by atoms with E-state index in [0.29, 0.717) is 23.9 Å². The van der Waals surface area contributed by atoms with Gasteiger partial charge in [-0.3, -0.25) is 9.36 Å². The van der Waals surface area contributed by atoms with Gasteiger partial charge in [0, 0.05) is 6.42 Å². The van der Waals surface area contributed by atoms with Gasteiger partial charge in [-0.25, -0.2) is 0 Å². The fraction of sp³-hybridized carbons (Fsp3) is 0.828. The number of carbonyl (C=O) groups excluding carboxylic acids is 1. The number of aliphatic hydroxyl groups excluding tert-OH is 1. The summed E-state index contributed by atoms with van der Waals surface area (Å²) in [5.74, 6) is -0.162. The maximum absolute atomic E-state index is 13.0. The van der Waals surface area contributed by atoms with E-state index in [1.165, 1.54) is 193 Å². The zero-order valence-corrected chi connectivity index (χ0v) is 49.7. The van der Waals surface area contributed by atoms with Gasteiger partial charge in [-0.15, -0.1) is 0 Å². The maximum Gasteiger partial charge on any atom is 0.268 e. The van der Waals surface area contributed by atoms with Crippen LogP contribution in [0.2, 0.25) is 0 Å². The number of nitrogens with one attached hydrogen (secondary N) is 1. The molecule has 0 bridgehead atoms. The third-order valence-corrected chi connectivity index (χ3v) is 15.0. The molecule has 0 aromatic carbocycles. The number of rotatable bonds is 57. The van der Waals surface area contributed by atoms with Crippen LogP contribution in [0.1, 0.15) is 290 Å².